The number of hydrogen-bond acceptors (Lipinski definition) is 0. The molecule has 0 aromatic carbocycles. The molecule has 1 saturated carbocycles. The number of fused-ring (bicyclic) bond motifs is 2. The first kappa shape index (κ1) is 8.06. The van der Waals surface area contributed by atoms with Gasteiger partial charge in [-0.15, -0.1) is 0 Å². The van der Waals surface area contributed by atoms with Crippen molar-refractivity contribution >= 4 is 31.9 Å². The summed E-state index contributed by atoms with van der Waals surface area (Å²) >= 11 is 6.82. The van der Waals surface area contributed by atoms with Gasteiger partial charge in [0.1, 0.15) is 0 Å². The van der Waals surface area contributed by atoms with Gasteiger partial charge in [-0.3, -0.25) is 0 Å². The molecule has 11 heavy (non-hydrogen) atoms. The summed E-state index contributed by atoms with van der Waals surface area (Å²) in [6.07, 6.45) is 9.76. The van der Waals surface area contributed by atoms with Gasteiger partial charge in [0.05, 0.1) is 3.39 Å². The third-order valence-electron chi connectivity index (χ3n) is 2.67. The van der Waals surface area contributed by atoms with E-state index in [-0.39, 0.29) is 0 Å². The monoisotopic (exact) mass is 276 g/mol. The molecule has 0 aromatic rings. The molecule has 2 rings (SSSR count). The maximum Gasteiger partial charge on any atom is 0.0567 e. The topological polar surface area (TPSA) is 0 Å². The molecular weight excluding hydrogens is 268 g/mol. The van der Waals surface area contributed by atoms with E-state index in [1.165, 1.54) is 12.8 Å². The van der Waals surface area contributed by atoms with Crippen LogP contribution in [0.5, 0.6) is 0 Å². The van der Waals surface area contributed by atoms with Crippen LogP contribution in [0.1, 0.15) is 12.8 Å². The Morgan fingerprint density at radius 1 is 1.27 bits per heavy atom. The van der Waals surface area contributed by atoms with E-state index in [1.807, 2.05) is 0 Å². The minimum atomic E-state index is 0.777. The molecule has 0 aliphatic heterocycles. The van der Waals surface area contributed by atoms with Gasteiger partial charge in [-0.05, 0) is 62.5 Å². The highest BCUT2D eigenvalue weighted by molar-refractivity contribution is 9.28. The Balaban J connectivity index is 2.09. The van der Waals surface area contributed by atoms with Crippen molar-refractivity contribution in [1.82, 2.24) is 0 Å². The Morgan fingerprint density at radius 3 is 2.55 bits per heavy atom. The number of rotatable bonds is 1. The summed E-state index contributed by atoms with van der Waals surface area (Å²) in [5.74, 6) is 2.48. The van der Waals surface area contributed by atoms with Gasteiger partial charge >= 0.3 is 0 Å². The highest BCUT2D eigenvalue weighted by Gasteiger charge is 2.34. The zero-order valence-corrected chi connectivity index (χ0v) is 9.31. The maximum absolute atomic E-state index is 3.41. The van der Waals surface area contributed by atoms with Crippen LogP contribution in [-0.4, -0.2) is 0 Å². The molecule has 0 saturated heterocycles. The summed E-state index contributed by atoms with van der Waals surface area (Å²) in [7, 11) is 0. The van der Waals surface area contributed by atoms with Crippen LogP contribution in [0.25, 0.3) is 0 Å². The molecule has 0 amide bonds. The third kappa shape index (κ3) is 1.62. The van der Waals surface area contributed by atoms with Crippen LogP contribution >= 0.6 is 31.9 Å². The summed E-state index contributed by atoms with van der Waals surface area (Å²) in [5, 5.41) is 0. The van der Waals surface area contributed by atoms with Crippen molar-refractivity contribution in [3.05, 3.63) is 21.6 Å². The summed E-state index contributed by atoms with van der Waals surface area (Å²) in [4.78, 5) is 0. The first-order valence-electron chi connectivity index (χ1n) is 3.97. The summed E-state index contributed by atoms with van der Waals surface area (Å²) in [5.41, 5.74) is 0. The highest BCUT2D eigenvalue weighted by Crippen LogP contribution is 2.44. The van der Waals surface area contributed by atoms with E-state index in [1.54, 1.807) is 0 Å². The summed E-state index contributed by atoms with van der Waals surface area (Å²) in [6.45, 7) is 0. The van der Waals surface area contributed by atoms with Gasteiger partial charge in [-0.2, -0.15) is 0 Å². The lowest BCUT2D eigenvalue weighted by Crippen LogP contribution is -2.02. The van der Waals surface area contributed by atoms with Crippen LogP contribution in [0, 0.1) is 17.8 Å². The summed E-state index contributed by atoms with van der Waals surface area (Å²) in [6, 6.07) is 0. The van der Waals surface area contributed by atoms with Crippen molar-refractivity contribution in [2.45, 2.75) is 12.8 Å². The van der Waals surface area contributed by atoms with Gasteiger partial charge in [-0.25, -0.2) is 0 Å². The van der Waals surface area contributed by atoms with E-state index in [2.05, 4.69) is 50.1 Å². The first-order valence-corrected chi connectivity index (χ1v) is 5.55. The Morgan fingerprint density at radius 2 is 2.09 bits per heavy atom. The van der Waals surface area contributed by atoms with Gasteiger partial charge < -0.3 is 0 Å². The summed E-state index contributed by atoms with van der Waals surface area (Å²) < 4.78 is 1.11. The maximum atomic E-state index is 3.41. The van der Waals surface area contributed by atoms with Crippen molar-refractivity contribution < 1.29 is 0 Å². The average molecular weight is 278 g/mol. The fourth-order valence-corrected chi connectivity index (χ4v) is 2.86. The molecule has 2 bridgehead atoms. The zero-order chi connectivity index (χ0) is 7.84. The van der Waals surface area contributed by atoms with Crippen LogP contribution < -0.4 is 0 Å². The van der Waals surface area contributed by atoms with Crippen LogP contribution in [-0.2, 0) is 0 Å². The van der Waals surface area contributed by atoms with Gasteiger partial charge in [-0.1, -0.05) is 18.2 Å². The van der Waals surface area contributed by atoms with Crippen LogP contribution in [0.4, 0.5) is 0 Å². The van der Waals surface area contributed by atoms with E-state index in [0.29, 0.717) is 0 Å². The van der Waals surface area contributed by atoms with Crippen molar-refractivity contribution in [3.8, 4) is 0 Å². The van der Waals surface area contributed by atoms with Crippen LogP contribution in [0.15, 0.2) is 21.6 Å². The van der Waals surface area contributed by atoms with E-state index < -0.39 is 0 Å². The third-order valence-corrected chi connectivity index (χ3v) is 3.20. The minimum Gasteiger partial charge on any atom is -0.0851 e. The fraction of sp³-hybridized carbons (Fsp3) is 0.556. The van der Waals surface area contributed by atoms with Gasteiger partial charge in [0, 0.05) is 0 Å². The van der Waals surface area contributed by atoms with Crippen molar-refractivity contribution in [3.63, 3.8) is 0 Å². The predicted molar refractivity (Wildman–Crippen MR) is 54.8 cm³/mol. The van der Waals surface area contributed by atoms with E-state index in [9.17, 15) is 0 Å². The molecule has 0 heterocycles. The number of allylic oxidation sites excluding steroid dienone is 3. The lowest BCUT2D eigenvalue weighted by atomic mass is 9.94. The minimum absolute atomic E-state index is 0.777. The van der Waals surface area contributed by atoms with E-state index >= 15 is 0 Å². The molecule has 0 spiro atoms. The largest absolute Gasteiger partial charge is 0.0851 e. The molecule has 0 radical (unpaired) electrons. The first-order chi connectivity index (χ1) is 5.25. The van der Waals surface area contributed by atoms with Crippen LogP contribution in [0.3, 0.4) is 0 Å². The second kappa shape index (κ2) is 3.06. The van der Waals surface area contributed by atoms with Crippen molar-refractivity contribution in [2.75, 3.05) is 0 Å². The fourth-order valence-electron chi connectivity index (χ4n) is 2.18. The predicted octanol–water partition coefficient (Wildman–Crippen LogP) is 3.83. The molecule has 0 N–H and O–H groups in total. The SMILES string of the molecule is BrC(Br)=CC1CC2C=CC1C2. The second-order valence-electron chi connectivity index (χ2n) is 3.40. The standard InChI is InChI=1S/C9H10Br2/c10-9(11)5-8-4-6-1-2-7(8)3-6/h1-2,5-8H,3-4H2. The Labute approximate surface area is 84.0 Å². The molecule has 3 atom stereocenters. The van der Waals surface area contributed by atoms with E-state index in [4.69, 9.17) is 0 Å². The average Bonchev–Trinajstić information content (AvgIpc) is 2.45. The second-order valence-corrected chi connectivity index (χ2v) is 6.17. The molecule has 2 aliphatic rings. The lowest BCUT2D eigenvalue weighted by molar-refractivity contribution is 0.550. The van der Waals surface area contributed by atoms with Crippen molar-refractivity contribution in [1.29, 1.82) is 0 Å². The smallest absolute Gasteiger partial charge is 0.0567 e. The van der Waals surface area contributed by atoms with Gasteiger partial charge in [0.15, 0.2) is 0 Å². The van der Waals surface area contributed by atoms with E-state index in [0.717, 1.165) is 21.1 Å². The molecule has 0 nitrogen and oxygen atoms in total. The van der Waals surface area contributed by atoms with Gasteiger partial charge in [0.2, 0.25) is 0 Å². The van der Waals surface area contributed by atoms with Crippen molar-refractivity contribution in [2.24, 2.45) is 17.8 Å². The number of halogens is 2. The Hall–Kier alpha value is 0.440. The molecule has 2 heteroatoms. The number of hydrogen-bond donors (Lipinski definition) is 0. The lowest BCUT2D eigenvalue weighted by Gasteiger charge is -2.12. The highest BCUT2D eigenvalue weighted by atomic mass is 79.9. The Kier molecular flexibility index (Phi) is 2.24. The van der Waals surface area contributed by atoms with Gasteiger partial charge in [0.25, 0.3) is 0 Å². The van der Waals surface area contributed by atoms with Crippen LogP contribution in [0.2, 0.25) is 0 Å². The normalized spacial score (nSPS) is 39.6. The quantitative estimate of drug-likeness (QED) is 0.639. The Bertz CT molecular complexity index is 214. The molecule has 3 unspecified atom stereocenters. The molecular formula is C9H10Br2. The molecule has 60 valence electrons. The molecule has 0 aromatic heterocycles. The molecule has 2 aliphatic carbocycles. The zero-order valence-electron chi connectivity index (χ0n) is 6.13. The molecule has 1 fully saturated rings.